The van der Waals surface area contributed by atoms with E-state index in [4.69, 9.17) is 4.74 Å². The Morgan fingerprint density at radius 2 is 1.85 bits per heavy atom. The summed E-state index contributed by atoms with van der Waals surface area (Å²) < 4.78 is 49.1. The van der Waals surface area contributed by atoms with Crippen molar-refractivity contribution in [3.63, 3.8) is 0 Å². The minimum Gasteiger partial charge on any atom is -0.406 e. The van der Waals surface area contributed by atoms with Crippen LogP contribution >= 0.6 is 11.3 Å². The molecule has 0 unspecified atom stereocenters. The zero-order chi connectivity index (χ0) is 23.2. The summed E-state index contributed by atoms with van der Waals surface area (Å²) in [5.41, 5.74) is 0.245. The fourth-order valence-electron chi connectivity index (χ4n) is 6.37. The first kappa shape index (κ1) is 22.7. The van der Waals surface area contributed by atoms with Crippen LogP contribution in [0.5, 0.6) is 5.75 Å². The van der Waals surface area contributed by atoms with Crippen molar-refractivity contribution in [2.45, 2.75) is 51.4 Å². The number of benzene rings is 1. The van der Waals surface area contributed by atoms with E-state index in [0.717, 1.165) is 24.1 Å². The van der Waals surface area contributed by atoms with Gasteiger partial charge in [0.2, 0.25) is 0 Å². The van der Waals surface area contributed by atoms with Crippen LogP contribution in [0.1, 0.15) is 38.5 Å². The first-order valence-electron chi connectivity index (χ1n) is 11.4. The van der Waals surface area contributed by atoms with Crippen LogP contribution in [-0.2, 0) is 16.1 Å². The van der Waals surface area contributed by atoms with Gasteiger partial charge in [-0.15, -0.1) is 13.2 Å². The van der Waals surface area contributed by atoms with Crippen LogP contribution in [0.4, 0.5) is 13.2 Å². The summed E-state index contributed by atoms with van der Waals surface area (Å²) in [6, 6.07) is 5.86. The molecule has 4 aliphatic carbocycles. The molecule has 1 aromatic carbocycles. The van der Waals surface area contributed by atoms with Gasteiger partial charge in [-0.05, 0) is 74.0 Å². The third-order valence-electron chi connectivity index (χ3n) is 7.30. The Labute approximate surface area is 194 Å². The molecule has 0 spiro atoms. The van der Waals surface area contributed by atoms with Gasteiger partial charge >= 0.3 is 6.36 Å². The van der Waals surface area contributed by atoms with Gasteiger partial charge in [0.05, 0.1) is 16.9 Å². The molecule has 9 heteroatoms. The van der Waals surface area contributed by atoms with Crippen molar-refractivity contribution in [3.8, 4) is 16.2 Å². The number of carbonyl (C=O) groups is 1. The van der Waals surface area contributed by atoms with Crippen LogP contribution in [0.3, 0.4) is 0 Å². The summed E-state index contributed by atoms with van der Waals surface area (Å²) in [5, 5.41) is 0. The Morgan fingerprint density at radius 3 is 2.45 bits per heavy atom. The van der Waals surface area contributed by atoms with Crippen LogP contribution in [0.2, 0.25) is 0 Å². The third kappa shape index (κ3) is 4.75. The molecule has 0 aliphatic heterocycles. The lowest BCUT2D eigenvalue weighted by molar-refractivity contribution is -0.274. The highest BCUT2D eigenvalue weighted by molar-refractivity contribution is 7.12. The number of aromatic nitrogens is 1. The largest absolute Gasteiger partial charge is 0.573 e. The molecular weight excluding hydrogens is 453 g/mol. The SMILES string of the molecule is COCCn1cc(-c2cccc(OC(F)(F)F)c2)sc1=NC(=O)C12CC3CC(CC(C3)C1)C2. The number of rotatable bonds is 6. The van der Waals surface area contributed by atoms with E-state index in [9.17, 15) is 18.0 Å². The molecule has 178 valence electrons. The van der Waals surface area contributed by atoms with E-state index in [1.165, 1.54) is 48.8 Å². The summed E-state index contributed by atoms with van der Waals surface area (Å²) in [4.78, 5) is 19.4. The average molecular weight is 481 g/mol. The summed E-state index contributed by atoms with van der Waals surface area (Å²) >= 11 is 1.31. The maximum Gasteiger partial charge on any atom is 0.573 e. The van der Waals surface area contributed by atoms with E-state index in [2.05, 4.69) is 9.73 Å². The molecule has 0 atom stereocenters. The van der Waals surface area contributed by atoms with Gasteiger partial charge in [0.15, 0.2) is 4.80 Å². The van der Waals surface area contributed by atoms with Gasteiger partial charge in [0, 0.05) is 19.9 Å². The van der Waals surface area contributed by atoms with Crippen molar-refractivity contribution in [1.82, 2.24) is 4.57 Å². The molecule has 0 N–H and O–H groups in total. The van der Waals surface area contributed by atoms with Gasteiger partial charge in [0.25, 0.3) is 5.91 Å². The lowest BCUT2D eigenvalue weighted by atomic mass is 9.49. The quantitative estimate of drug-likeness (QED) is 0.556. The lowest BCUT2D eigenvalue weighted by Gasteiger charge is -2.55. The van der Waals surface area contributed by atoms with E-state index < -0.39 is 6.36 Å². The number of carbonyl (C=O) groups excluding carboxylic acids is 1. The maximum atomic E-state index is 13.5. The van der Waals surface area contributed by atoms with Crippen molar-refractivity contribution >= 4 is 17.2 Å². The number of thiazole rings is 1. The molecule has 6 rings (SSSR count). The van der Waals surface area contributed by atoms with Gasteiger partial charge in [-0.25, -0.2) is 0 Å². The van der Waals surface area contributed by atoms with Gasteiger partial charge in [-0.3, -0.25) is 4.79 Å². The fraction of sp³-hybridized carbons (Fsp3) is 0.583. The first-order valence-corrected chi connectivity index (χ1v) is 12.2. The number of hydrogen-bond acceptors (Lipinski definition) is 4. The molecule has 2 aromatic rings. The van der Waals surface area contributed by atoms with Crippen molar-refractivity contribution in [3.05, 3.63) is 35.3 Å². The van der Waals surface area contributed by atoms with Crippen LogP contribution < -0.4 is 9.54 Å². The highest BCUT2D eigenvalue weighted by Gasteiger charge is 2.54. The van der Waals surface area contributed by atoms with Crippen molar-refractivity contribution in [2.24, 2.45) is 28.2 Å². The third-order valence-corrected chi connectivity index (χ3v) is 8.37. The summed E-state index contributed by atoms with van der Waals surface area (Å²) in [6.45, 7) is 0.935. The molecule has 0 saturated heterocycles. The second-order valence-corrected chi connectivity index (χ2v) is 10.8. The number of halogens is 3. The standard InChI is InChI=1S/C24H27F3N2O3S/c1-31-6-5-29-14-20(18-3-2-4-19(10-18)32-24(25,26)27)33-22(29)28-21(30)23-11-15-7-16(12-23)9-17(8-15)13-23/h2-4,10,14-17H,5-9,11-13H2,1H3. The van der Waals surface area contributed by atoms with Gasteiger partial charge in [-0.1, -0.05) is 23.5 Å². The van der Waals surface area contributed by atoms with Crippen molar-refractivity contribution in [2.75, 3.05) is 13.7 Å². The Bertz CT molecular complexity index is 1070. The Kier molecular flexibility index (Phi) is 5.89. The second-order valence-electron chi connectivity index (χ2n) is 9.75. The minimum absolute atomic E-state index is 0.0321. The molecule has 4 fully saturated rings. The molecule has 5 nitrogen and oxygen atoms in total. The number of amides is 1. The molecule has 33 heavy (non-hydrogen) atoms. The molecule has 1 heterocycles. The molecule has 4 bridgehead atoms. The fourth-order valence-corrected chi connectivity index (χ4v) is 7.39. The minimum atomic E-state index is -4.75. The van der Waals surface area contributed by atoms with Crippen molar-refractivity contribution < 1.29 is 27.4 Å². The highest BCUT2D eigenvalue weighted by Crippen LogP contribution is 2.60. The number of hydrogen-bond donors (Lipinski definition) is 0. The topological polar surface area (TPSA) is 52.8 Å². The molecule has 1 amide bonds. The predicted molar refractivity (Wildman–Crippen MR) is 117 cm³/mol. The molecular formula is C24H27F3N2O3S. The molecule has 0 radical (unpaired) electrons. The zero-order valence-corrected chi connectivity index (χ0v) is 19.3. The predicted octanol–water partition coefficient (Wildman–Crippen LogP) is 5.41. The number of nitrogens with zero attached hydrogens (tertiary/aromatic N) is 2. The molecule has 4 aliphatic rings. The monoisotopic (exact) mass is 480 g/mol. The maximum absolute atomic E-state index is 13.5. The number of ether oxygens (including phenoxy) is 2. The average Bonchev–Trinajstić information content (AvgIpc) is 3.13. The molecule has 4 saturated carbocycles. The Hall–Kier alpha value is -2.13. The zero-order valence-electron chi connectivity index (χ0n) is 18.4. The van der Waals surface area contributed by atoms with Crippen LogP contribution in [0, 0.1) is 23.2 Å². The highest BCUT2D eigenvalue weighted by atomic mass is 32.1. The number of alkyl halides is 3. The summed E-state index contributed by atoms with van der Waals surface area (Å²) in [6.07, 6.45) is 3.64. The van der Waals surface area contributed by atoms with Gasteiger partial charge < -0.3 is 14.0 Å². The van der Waals surface area contributed by atoms with E-state index in [0.29, 0.717) is 41.3 Å². The van der Waals surface area contributed by atoms with Crippen LogP contribution in [-0.4, -0.2) is 30.6 Å². The smallest absolute Gasteiger partial charge is 0.406 e. The van der Waals surface area contributed by atoms with E-state index in [1.807, 2.05) is 10.8 Å². The van der Waals surface area contributed by atoms with Crippen molar-refractivity contribution in [1.29, 1.82) is 0 Å². The second kappa shape index (κ2) is 8.58. The van der Waals surface area contributed by atoms with Crippen LogP contribution in [0.15, 0.2) is 35.5 Å². The van der Waals surface area contributed by atoms with Gasteiger partial charge in [0.1, 0.15) is 5.75 Å². The number of methoxy groups -OCH3 is 1. The van der Waals surface area contributed by atoms with Gasteiger partial charge in [-0.2, -0.15) is 4.99 Å². The lowest BCUT2D eigenvalue weighted by Crippen LogP contribution is -2.49. The van der Waals surface area contributed by atoms with E-state index in [-0.39, 0.29) is 17.1 Å². The Balaban J connectivity index is 1.47. The summed E-state index contributed by atoms with van der Waals surface area (Å²) in [5.74, 6) is 1.62. The van der Waals surface area contributed by atoms with E-state index >= 15 is 0 Å². The first-order chi connectivity index (χ1) is 15.7. The summed E-state index contributed by atoms with van der Waals surface area (Å²) in [7, 11) is 1.60. The molecule has 1 aromatic heterocycles. The normalized spacial score (nSPS) is 29.0. The van der Waals surface area contributed by atoms with E-state index in [1.54, 1.807) is 13.2 Å². The Morgan fingerprint density at radius 1 is 1.18 bits per heavy atom. The van der Waals surface area contributed by atoms with Crippen LogP contribution in [0.25, 0.3) is 10.4 Å².